The molecule has 3 heteroatoms. The van der Waals surface area contributed by atoms with Crippen molar-refractivity contribution in [1.82, 2.24) is 5.32 Å². The third-order valence-corrected chi connectivity index (χ3v) is 4.02. The molecule has 2 unspecified atom stereocenters. The molecule has 1 N–H and O–H groups in total. The van der Waals surface area contributed by atoms with Gasteiger partial charge in [0.05, 0.1) is 13.0 Å². The fourth-order valence-corrected chi connectivity index (χ4v) is 2.93. The van der Waals surface area contributed by atoms with Crippen LogP contribution in [0, 0.1) is 17.8 Å². The minimum absolute atomic E-state index is 0.0586. The van der Waals surface area contributed by atoms with E-state index in [1.807, 2.05) is 7.05 Å². The lowest BCUT2D eigenvalue weighted by atomic mass is 10.1. The maximum atomic E-state index is 11.4. The number of hydrogen-bond acceptors (Lipinski definition) is 3. The van der Waals surface area contributed by atoms with Gasteiger partial charge in [-0.25, -0.2) is 0 Å². The van der Waals surface area contributed by atoms with Crippen molar-refractivity contribution in [1.29, 1.82) is 0 Å². The van der Waals surface area contributed by atoms with Gasteiger partial charge in [0.15, 0.2) is 0 Å². The molecule has 0 aromatic carbocycles. The second kappa shape index (κ2) is 6.20. The van der Waals surface area contributed by atoms with Gasteiger partial charge >= 0.3 is 5.97 Å². The highest BCUT2D eigenvalue weighted by atomic mass is 16.5. The molecule has 0 spiro atoms. The highest BCUT2D eigenvalue weighted by Crippen LogP contribution is 2.52. The highest BCUT2D eigenvalue weighted by molar-refractivity contribution is 5.69. The summed E-state index contributed by atoms with van der Waals surface area (Å²) in [5.74, 6) is 2.22. The molecule has 3 nitrogen and oxygen atoms in total. The van der Waals surface area contributed by atoms with Crippen LogP contribution in [0.1, 0.15) is 32.1 Å². The molecule has 1 saturated carbocycles. The van der Waals surface area contributed by atoms with Crippen molar-refractivity contribution < 1.29 is 9.53 Å². The number of rotatable bonds is 5. The zero-order valence-electron chi connectivity index (χ0n) is 10.7. The van der Waals surface area contributed by atoms with E-state index in [-0.39, 0.29) is 5.97 Å². The number of carbonyl (C=O) groups is 1. The molecule has 2 atom stereocenters. The van der Waals surface area contributed by atoms with Crippen LogP contribution in [0.5, 0.6) is 0 Å². The lowest BCUT2D eigenvalue weighted by Gasteiger charge is -2.04. The van der Waals surface area contributed by atoms with Gasteiger partial charge in [0, 0.05) is 6.54 Å². The van der Waals surface area contributed by atoms with E-state index in [0.717, 1.165) is 11.8 Å². The zero-order valence-corrected chi connectivity index (χ0v) is 10.7. The minimum atomic E-state index is -0.0586. The van der Waals surface area contributed by atoms with Gasteiger partial charge in [-0.3, -0.25) is 4.79 Å². The van der Waals surface area contributed by atoms with Gasteiger partial charge in [0.25, 0.3) is 0 Å². The SMILES string of the molecule is CNCCC(=O)OCC1C2CC/C=C\CCC21. The third kappa shape index (κ3) is 3.56. The number of nitrogens with one attached hydrogen (secondary N) is 1. The second-order valence-electron chi connectivity index (χ2n) is 5.15. The first-order chi connectivity index (χ1) is 8.33. The van der Waals surface area contributed by atoms with Gasteiger partial charge in [-0.15, -0.1) is 0 Å². The molecule has 0 aliphatic heterocycles. The Morgan fingerprint density at radius 3 is 2.53 bits per heavy atom. The molecule has 2 aliphatic carbocycles. The van der Waals surface area contributed by atoms with Crippen LogP contribution in [0.3, 0.4) is 0 Å². The van der Waals surface area contributed by atoms with Gasteiger partial charge in [-0.05, 0) is 50.5 Å². The molecule has 0 aromatic heterocycles. The van der Waals surface area contributed by atoms with Crippen molar-refractivity contribution in [2.24, 2.45) is 17.8 Å². The molecular formula is C14H23NO2. The molecule has 0 amide bonds. The van der Waals surface area contributed by atoms with Crippen LogP contribution in [0.2, 0.25) is 0 Å². The van der Waals surface area contributed by atoms with Crippen LogP contribution < -0.4 is 5.32 Å². The molecule has 0 aromatic rings. The Labute approximate surface area is 104 Å². The molecular weight excluding hydrogens is 214 g/mol. The second-order valence-corrected chi connectivity index (χ2v) is 5.15. The predicted molar refractivity (Wildman–Crippen MR) is 67.6 cm³/mol. The van der Waals surface area contributed by atoms with Crippen molar-refractivity contribution in [3.05, 3.63) is 12.2 Å². The summed E-state index contributed by atoms with van der Waals surface area (Å²) in [5.41, 5.74) is 0. The number of fused-ring (bicyclic) bond motifs is 1. The smallest absolute Gasteiger partial charge is 0.307 e. The van der Waals surface area contributed by atoms with E-state index in [1.165, 1.54) is 25.7 Å². The maximum Gasteiger partial charge on any atom is 0.307 e. The number of hydrogen-bond donors (Lipinski definition) is 1. The lowest BCUT2D eigenvalue weighted by molar-refractivity contribution is -0.144. The summed E-state index contributed by atoms with van der Waals surface area (Å²) in [5, 5.41) is 2.96. The molecule has 2 rings (SSSR count). The summed E-state index contributed by atoms with van der Waals surface area (Å²) >= 11 is 0. The summed E-state index contributed by atoms with van der Waals surface area (Å²) in [6.07, 6.45) is 10.0. The fraction of sp³-hybridized carbons (Fsp3) is 0.786. The first kappa shape index (κ1) is 12.6. The molecule has 0 bridgehead atoms. The van der Waals surface area contributed by atoms with Crippen LogP contribution in [0.4, 0.5) is 0 Å². The van der Waals surface area contributed by atoms with Gasteiger partial charge in [-0.1, -0.05) is 12.2 Å². The van der Waals surface area contributed by atoms with Gasteiger partial charge in [-0.2, -0.15) is 0 Å². The monoisotopic (exact) mass is 237 g/mol. The van der Waals surface area contributed by atoms with Crippen molar-refractivity contribution in [3.8, 4) is 0 Å². The number of ether oxygens (including phenoxy) is 1. The zero-order chi connectivity index (χ0) is 12.1. The van der Waals surface area contributed by atoms with Gasteiger partial charge in [0.1, 0.15) is 0 Å². The van der Waals surface area contributed by atoms with Crippen molar-refractivity contribution in [2.75, 3.05) is 20.2 Å². The van der Waals surface area contributed by atoms with Crippen molar-refractivity contribution in [2.45, 2.75) is 32.1 Å². The number of carbonyl (C=O) groups excluding carboxylic acids is 1. The molecule has 2 aliphatic rings. The number of allylic oxidation sites excluding steroid dienone is 2. The summed E-state index contributed by atoms with van der Waals surface area (Å²) < 4.78 is 5.34. The van der Waals surface area contributed by atoms with E-state index in [2.05, 4.69) is 17.5 Å². The van der Waals surface area contributed by atoms with Crippen LogP contribution in [-0.4, -0.2) is 26.2 Å². The van der Waals surface area contributed by atoms with Crippen LogP contribution in [-0.2, 0) is 9.53 Å². The largest absolute Gasteiger partial charge is 0.465 e. The maximum absolute atomic E-state index is 11.4. The van der Waals surface area contributed by atoms with E-state index in [1.54, 1.807) is 0 Å². The van der Waals surface area contributed by atoms with E-state index >= 15 is 0 Å². The Hall–Kier alpha value is -0.830. The third-order valence-electron chi connectivity index (χ3n) is 4.02. The Morgan fingerprint density at radius 1 is 1.29 bits per heavy atom. The van der Waals surface area contributed by atoms with Crippen LogP contribution in [0.25, 0.3) is 0 Å². The van der Waals surface area contributed by atoms with Gasteiger partial charge < -0.3 is 10.1 Å². The summed E-state index contributed by atoms with van der Waals surface area (Å²) in [6.45, 7) is 1.36. The minimum Gasteiger partial charge on any atom is -0.465 e. The predicted octanol–water partition coefficient (Wildman–Crippen LogP) is 2.13. The summed E-state index contributed by atoms with van der Waals surface area (Å²) in [7, 11) is 1.85. The Morgan fingerprint density at radius 2 is 1.94 bits per heavy atom. The van der Waals surface area contributed by atoms with E-state index < -0.39 is 0 Å². The first-order valence-corrected chi connectivity index (χ1v) is 6.78. The average molecular weight is 237 g/mol. The first-order valence-electron chi connectivity index (χ1n) is 6.78. The molecule has 17 heavy (non-hydrogen) atoms. The van der Waals surface area contributed by atoms with E-state index in [4.69, 9.17) is 4.74 Å². The molecule has 1 fully saturated rings. The molecule has 0 saturated heterocycles. The Kier molecular flexibility index (Phi) is 4.60. The normalized spacial score (nSPS) is 33.1. The fourth-order valence-electron chi connectivity index (χ4n) is 2.93. The van der Waals surface area contributed by atoms with E-state index in [9.17, 15) is 4.79 Å². The quantitative estimate of drug-likeness (QED) is 0.588. The summed E-state index contributed by atoms with van der Waals surface area (Å²) in [4.78, 5) is 11.4. The standard InChI is InChI=1S/C14H23NO2/c1-15-9-8-14(16)17-10-13-11-6-4-2-3-5-7-12(11)13/h2-3,11-13,15H,4-10H2,1H3/b3-2-. The number of esters is 1. The van der Waals surface area contributed by atoms with Crippen molar-refractivity contribution in [3.63, 3.8) is 0 Å². The molecule has 96 valence electrons. The van der Waals surface area contributed by atoms with Gasteiger partial charge in [0.2, 0.25) is 0 Å². The Bertz CT molecular complexity index is 272. The van der Waals surface area contributed by atoms with Crippen LogP contribution in [0.15, 0.2) is 12.2 Å². The van der Waals surface area contributed by atoms with Crippen LogP contribution >= 0.6 is 0 Å². The Balaban J connectivity index is 1.66. The van der Waals surface area contributed by atoms with Crippen molar-refractivity contribution >= 4 is 5.97 Å². The topological polar surface area (TPSA) is 38.3 Å². The highest BCUT2D eigenvalue weighted by Gasteiger charge is 2.49. The molecule has 0 radical (unpaired) electrons. The lowest BCUT2D eigenvalue weighted by Crippen LogP contribution is -2.16. The summed E-state index contributed by atoms with van der Waals surface area (Å²) in [6, 6.07) is 0. The molecule has 0 heterocycles. The average Bonchev–Trinajstić information content (AvgIpc) is 2.94. The van der Waals surface area contributed by atoms with E-state index in [0.29, 0.717) is 25.5 Å².